The van der Waals surface area contributed by atoms with Gasteiger partial charge in [-0.25, -0.2) is 14.1 Å². The fourth-order valence-corrected chi connectivity index (χ4v) is 2.17. The molecule has 0 aliphatic heterocycles. The van der Waals surface area contributed by atoms with Crippen molar-refractivity contribution in [3.05, 3.63) is 29.3 Å². The molecule has 0 radical (unpaired) electrons. The SMILES string of the molecule is Cn1ncnc1Sc1cc(Cl)c(F)cc1N. The number of benzene rings is 1. The summed E-state index contributed by atoms with van der Waals surface area (Å²) in [6.45, 7) is 0. The number of nitrogens with zero attached hydrogens (tertiary/aromatic N) is 3. The summed E-state index contributed by atoms with van der Waals surface area (Å²) in [5, 5.41) is 4.62. The van der Waals surface area contributed by atoms with Crippen molar-refractivity contribution in [2.75, 3.05) is 5.73 Å². The van der Waals surface area contributed by atoms with Gasteiger partial charge in [-0.15, -0.1) is 0 Å². The van der Waals surface area contributed by atoms with Crippen LogP contribution in [0.3, 0.4) is 0 Å². The Balaban J connectivity index is 2.35. The summed E-state index contributed by atoms with van der Waals surface area (Å²) in [6, 6.07) is 2.67. The van der Waals surface area contributed by atoms with E-state index in [1.54, 1.807) is 11.7 Å². The Morgan fingerprint density at radius 1 is 1.50 bits per heavy atom. The maximum atomic E-state index is 13.1. The quantitative estimate of drug-likeness (QED) is 0.840. The number of nitrogens with two attached hydrogens (primary N) is 1. The highest BCUT2D eigenvalue weighted by Gasteiger charge is 2.10. The number of rotatable bonds is 2. The zero-order valence-electron chi connectivity index (χ0n) is 8.32. The van der Waals surface area contributed by atoms with Crippen molar-refractivity contribution < 1.29 is 4.39 Å². The molecule has 0 spiro atoms. The molecule has 4 nitrogen and oxygen atoms in total. The second-order valence-corrected chi connectivity index (χ2v) is 4.49. The second-order valence-electron chi connectivity index (χ2n) is 3.07. The highest BCUT2D eigenvalue weighted by Crippen LogP contribution is 2.33. The third kappa shape index (κ3) is 2.12. The van der Waals surface area contributed by atoms with E-state index in [4.69, 9.17) is 17.3 Å². The lowest BCUT2D eigenvalue weighted by molar-refractivity contribution is 0.628. The molecule has 1 heterocycles. The highest BCUT2D eigenvalue weighted by atomic mass is 35.5. The summed E-state index contributed by atoms with van der Waals surface area (Å²) in [4.78, 5) is 4.68. The molecule has 0 unspecified atom stereocenters. The Labute approximate surface area is 101 Å². The van der Waals surface area contributed by atoms with Gasteiger partial charge in [-0.05, 0) is 23.9 Å². The monoisotopic (exact) mass is 258 g/mol. The summed E-state index contributed by atoms with van der Waals surface area (Å²) >= 11 is 6.96. The molecule has 0 saturated heterocycles. The van der Waals surface area contributed by atoms with Crippen molar-refractivity contribution in [2.24, 2.45) is 7.05 Å². The number of nitrogen functional groups attached to an aromatic ring is 1. The van der Waals surface area contributed by atoms with Crippen LogP contribution in [0.2, 0.25) is 5.02 Å². The van der Waals surface area contributed by atoms with Crippen LogP contribution in [0.5, 0.6) is 0 Å². The van der Waals surface area contributed by atoms with E-state index in [0.717, 1.165) is 0 Å². The smallest absolute Gasteiger partial charge is 0.190 e. The van der Waals surface area contributed by atoms with Crippen molar-refractivity contribution in [2.45, 2.75) is 10.1 Å². The lowest BCUT2D eigenvalue weighted by Crippen LogP contribution is -1.95. The Hall–Kier alpha value is -1.27. The largest absolute Gasteiger partial charge is 0.398 e. The van der Waals surface area contributed by atoms with Gasteiger partial charge in [0.1, 0.15) is 12.1 Å². The van der Waals surface area contributed by atoms with Crippen molar-refractivity contribution in [1.82, 2.24) is 14.8 Å². The summed E-state index contributed by atoms with van der Waals surface area (Å²) in [5.41, 5.74) is 6.01. The first kappa shape index (κ1) is 11.2. The number of anilines is 1. The van der Waals surface area contributed by atoms with Gasteiger partial charge >= 0.3 is 0 Å². The predicted molar refractivity (Wildman–Crippen MR) is 60.9 cm³/mol. The van der Waals surface area contributed by atoms with Gasteiger partial charge in [0.2, 0.25) is 0 Å². The number of halogens is 2. The summed E-state index contributed by atoms with van der Waals surface area (Å²) in [5.74, 6) is -0.526. The van der Waals surface area contributed by atoms with Gasteiger partial charge in [-0.2, -0.15) is 5.10 Å². The van der Waals surface area contributed by atoms with Crippen molar-refractivity contribution in [3.63, 3.8) is 0 Å². The van der Waals surface area contributed by atoms with Gasteiger partial charge in [0.25, 0.3) is 0 Å². The fraction of sp³-hybridized carbons (Fsp3) is 0.111. The van der Waals surface area contributed by atoms with Gasteiger partial charge in [0, 0.05) is 17.6 Å². The van der Waals surface area contributed by atoms with E-state index in [1.807, 2.05) is 0 Å². The van der Waals surface area contributed by atoms with Gasteiger partial charge in [-0.1, -0.05) is 11.6 Å². The lowest BCUT2D eigenvalue weighted by Gasteiger charge is -2.05. The summed E-state index contributed by atoms with van der Waals surface area (Å²) < 4.78 is 14.7. The molecule has 0 saturated carbocycles. The molecule has 2 rings (SSSR count). The minimum absolute atomic E-state index is 0.0406. The Bertz CT molecular complexity index is 528. The normalized spacial score (nSPS) is 10.7. The van der Waals surface area contributed by atoms with Gasteiger partial charge < -0.3 is 5.73 Å². The first-order valence-electron chi connectivity index (χ1n) is 4.34. The Kier molecular flexibility index (Phi) is 3.02. The average molecular weight is 259 g/mol. The van der Waals surface area contributed by atoms with E-state index >= 15 is 0 Å². The molecule has 16 heavy (non-hydrogen) atoms. The average Bonchev–Trinajstić information content (AvgIpc) is 2.61. The number of hydrogen-bond acceptors (Lipinski definition) is 4. The summed E-state index contributed by atoms with van der Waals surface area (Å²) in [7, 11) is 1.76. The molecule has 0 bridgehead atoms. The van der Waals surface area contributed by atoms with Crippen LogP contribution in [-0.4, -0.2) is 14.8 Å². The molecule has 1 aromatic carbocycles. The van der Waals surface area contributed by atoms with E-state index in [9.17, 15) is 4.39 Å². The van der Waals surface area contributed by atoms with E-state index in [0.29, 0.717) is 15.7 Å². The van der Waals surface area contributed by atoms with Gasteiger partial charge in [0.15, 0.2) is 5.16 Å². The minimum Gasteiger partial charge on any atom is -0.398 e. The van der Waals surface area contributed by atoms with Crippen LogP contribution in [0.25, 0.3) is 0 Å². The van der Waals surface area contributed by atoms with Crippen LogP contribution in [0.4, 0.5) is 10.1 Å². The van der Waals surface area contributed by atoms with Crippen LogP contribution in [0, 0.1) is 5.82 Å². The molecular weight excluding hydrogens is 251 g/mol. The molecule has 2 aromatic rings. The van der Waals surface area contributed by atoms with E-state index < -0.39 is 5.82 Å². The maximum absolute atomic E-state index is 13.1. The molecule has 0 fully saturated rings. The van der Waals surface area contributed by atoms with Crippen LogP contribution in [-0.2, 0) is 7.05 Å². The molecule has 0 atom stereocenters. The van der Waals surface area contributed by atoms with Crippen LogP contribution < -0.4 is 5.73 Å². The van der Waals surface area contributed by atoms with E-state index in [1.165, 1.54) is 30.2 Å². The molecule has 2 N–H and O–H groups in total. The summed E-state index contributed by atoms with van der Waals surface area (Å²) in [6.07, 6.45) is 1.43. The van der Waals surface area contributed by atoms with Crippen molar-refractivity contribution in [1.29, 1.82) is 0 Å². The van der Waals surface area contributed by atoms with E-state index in [-0.39, 0.29) is 5.02 Å². The zero-order chi connectivity index (χ0) is 11.7. The van der Waals surface area contributed by atoms with Crippen LogP contribution in [0.1, 0.15) is 0 Å². The number of hydrogen-bond donors (Lipinski definition) is 1. The first-order valence-corrected chi connectivity index (χ1v) is 5.53. The Morgan fingerprint density at radius 3 is 2.88 bits per heavy atom. The molecule has 0 aliphatic rings. The van der Waals surface area contributed by atoms with Crippen molar-refractivity contribution in [3.8, 4) is 0 Å². The second kappa shape index (κ2) is 4.31. The standard InChI is InChI=1S/C9H8ClFN4S/c1-15-9(13-4-14-15)16-8-2-5(10)6(11)3-7(8)12/h2-4H,12H2,1H3. The van der Waals surface area contributed by atoms with E-state index in [2.05, 4.69) is 10.1 Å². The predicted octanol–water partition coefficient (Wildman–Crippen LogP) is 2.34. The fourth-order valence-electron chi connectivity index (χ4n) is 1.11. The zero-order valence-corrected chi connectivity index (χ0v) is 9.89. The lowest BCUT2D eigenvalue weighted by atomic mass is 10.3. The third-order valence-electron chi connectivity index (χ3n) is 1.92. The number of aromatic nitrogens is 3. The Morgan fingerprint density at radius 2 is 2.25 bits per heavy atom. The molecule has 7 heteroatoms. The molecule has 0 amide bonds. The van der Waals surface area contributed by atoms with Gasteiger partial charge in [0.05, 0.1) is 5.02 Å². The highest BCUT2D eigenvalue weighted by molar-refractivity contribution is 7.99. The van der Waals surface area contributed by atoms with Crippen LogP contribution >= 0.6 is 23.4 Å². The molecule has 0 aliphatic carbocycles. The maximum Gasteiger partial charge on any atom is 0.190 e. The minimum atomic E-state index is -0.526. The topological polar surface area (TPSA) is 56.7 Å². The number of aryl methyl sites for hydroxylation is 1. The first-order chi connectivity index (χ1) is 7.58. The molecule has 84 valence electrons. The molecular formula is C9H8ClFN4S. The van der Waals surface area contributed by atoms with Gasteiger partial charge in [-0.3, -0.25) is 0 Å². The third-order valence-corrected chi connectivity index (χ3v) is 3.34. The molecule has 1 aromatic heterocycles. The van der Waals surface area contributed by atoms with Crippen LogP contribution in [0.15, 0.2) is 28.5 Å². The van der Waals surface area contributed by atoms with Crippen molar-refractivity contribution >= 4 is 29.1 Å².